The normalized spacial score (nSPS) is 13.4. The number of aliphatic hydroxyl groups is 2. The van der Waals surface area contributed by atoms with Crippen molar-refractivity contribution in [3.8, 4) is 0 Å². The average Bonchev–Trinajstić information content (AvgIpc) is 3.32. The second-order valence-corrected chi connectivity index (χ2v) is 8.64. The molecule has 8 nitrogen and oxygen atoms in total. The van der Waals surface area contributed by atoms with Gasteiger partial charge < -0.3 is 15.3 Å². The number of hydrogen-bond acceptors (Lipinski definition) is 6. The van der Waals surface area contributed by atoms with E-state index in [4.69, 9.17) is 5.11 Å². The minimum Gasteiger partial charge on any atom is -0.481 e. The molecular formula is C27H28F2N4O4. The van der Waals surface area contributed by atoms with E-state index < -0.39 is 36.2 Å². The summed E-state index contributed by atoms with van der Waals surface area (Å²) in [7, 11) is 0. The topological polar surface area (TPSA) is 121 Å². The molecule has 0 fully saturated rings. The van der Waals surface area contributed by atoms with Gasteiger partial charge in [0, 0.05) is 12.0 Å². The van der Waals surface area contributed by atoms with Gasteiger partial charge in [-0.05, 0) is 65.2 Å². The van der Waals surface area contributed by atoms with Crippen LogP contribution in [0.1, 0.15) is 49.7 Å². The molecule has 0 radical (unpaired) electrons. The number of nitrogens with zero attached hydrogens (tertiary/aromatic N) is 4. The van der Waals surface area contributed by atoms with Crippen LogP contribution in [0, 0.1) is 11.6 Å². The molecule has 0 spiro atoms. The number of tetrazole rings is 1. The van der Waals surface area contributed by atoms with Crippen molar-refractivity contribution in [2.24, 2.45) is 0 Å². The summed E-state index contributed by atoms with van der Waals surface area (Å²) in [6, 6.07) is 11.6. The van der Waals surface area contributed by atoms with Crippen LogP contribution < -0.4 is 0 Å². The zero-order chi connectivity index (χ0) is 26.9. The monoisotopic (exact) mass is 510 g/mol. The molecule has 0 saturated carbocycles. The molecule has 0 bridgehead atoms. The van der Waals surface area contributed by atoms with Gasteiger partial charge in [-0.1, -0.05) is 48.6 Å². The number of aliphatic hydroxyl groups excluding tert-OH is 2. The number of benzene rings is 2. The molecule has 3 N–H and O–H groups in total. The number of carboxylic acid groups (broad SMARTS) is 1. The highest BCUT2D eigenvalue weighted by atomic mass is 19.1. The van der Waals surface area contributed by atoms with E-state index in [1.165, 1.54) is 30.3 Å². The summed E-state index contributed by atoms with van der Waals surface area (Å²) >= 11 is 0. The van der Waals surface area contributed by atoms with E-state index in [1.54, 1.807) is 47.2 Å². The Kier molecular flexibility index (Phi) is 9.53. The molecule has 2 atom stereocenters. The molecule has 0 saturated heterocycles. The number of aromatic nitrogens is 4. The van der Waals surface area contributed by atoms with Crippen molar-refractivity contribution in [1.82, 2.24) is 20.2 Å². The van der Waals surface area contributed by atoms with Gasteiger partial charge in [-0.2, -0.15) is 0 Å². The summed E-state index contributed by atoms with van der Waals surface area (Å²) in [5.41, 5.74) is 2.47. The van der Waals surface area contributed by atoms with E-state index in [-0.39, 0.29) is 12.5 Å². The van der Waals surface area contributed by atoms with Crippen molar-refractivity contribution in [1.29, 1.82) is 0 Å². The van der Waals surface area contributed by atoms with Crippen LogP contribution in [-0.4, -0.2) is 53.7 Å². The number of halogens is 2. The minimum absolute atomic E-state index is 0.0934. The maximum Gasteiger partial charge on any atom is 0.305 e. The third-order valence-electron chi connectivity index (χ3n) is 5.39. The average molecular weight is 511 g/mol. The van der Waals surface area contributed by atoms with Crippen molar-refractivity contribution in [3.63, 3.8) is 0 Å². The summed E-state index contributed by atoms with van der Waals surface area (Å²) in [6.07, 6.45) is 3.45. The Morgan fingerprint density at radius 2 is 1.54 bits per heavy atom. The van der Waals surface area contributed by atoms with Gasteiger partial charge in [-0.15, -0.1) is 5.10 Å². The molecule has 3 aromatic rings. The van der Waals surface area contributed by atoms with Gasteiger partial charge in [-0.25, -0.2) is 13.5 Å². The molecule has 10 heteroatoms. The number of aliphatic carboxylic acids is 1. The lowest BCUT2D eigenvalue weighted by atomic mass is 9.92. The lowest BCUT2D eigenvalue weighted by Crippen LogP contribution is -2.19. The Labute approximate surface area is 212 Å². The van der Waals surface area contributed by atoms with Crippen molar-refractivity contribution in [2.45, 2.75) is 44.9 Å². The lowest BCUT2D eigenvalue weighted by Gasteiger charge is -2.15. The van der Waals surface area contributed by atoms with E-state index in [9.17, 15) is 23.8 Å². The smallest absolute Gasteiger partial charge is 0.305 e. The van der Waals surface area contributed by atoms with Gasteiger partial charge in [-0.3, -0.25) is 4.79 Å². The fourth-order valence-electron chi connectivity index (χ4n) is 3.69. The predicted octanol–water partition coefficient (Wildman–Crippen LogP) is 4.19. The molecule has 194 valence electrons. The van der Waals surface area contributed by atoms with Gasteiger partial charge in [0.15, 0.2) is 5.82 Å². The Bertz CT molecular complexity index is 1230. The van der Waals surface area contributed by atoms with Crippen LogP contribution in [0.3, 0.4) is 0 Å². The number of rotatable bonds is 11. The quantitative estimate of drug-likeness (QED) is 0.331. The first-order valence-electron chi connectivity index (χ1n) is 11.6. The fourth-order valence-corrected chi connectivity index (χ4v) is 3.69. The van der Waals surface area contributed by atoms with Crippen LogP contribution in [0.4, 0.5) is 8.78 Å². The predicted molar refractivity (Wildman–Crippen MR) is 134 cm³/mol. The van der Waals surface area contributed by atoms with Crippen LogP contribution >= 0.6 is 0 Å². The highest BCUT2D eigenvalue weighted by molar-refractivity contribution is 6.01. The first-order chi connectivity index (χ1) is 17.7. The third-order valence-corrected chi connectivity index (χ3v) is 5.39. The Morgan fingerprint density at radius 1 is 0.973 bits per heavy atom. The summed E-state index contributed by atoms with van der Waals surface area (Å²) in [4.78, 5) is 10.7. The second-order valence-electron chi connectivity index (χ2n) is 8.64. The van der Waals surface area contributed by atoms with Gasteiger partial charge in [0.25, 0.3) is 0 Å². The molecule has 0 unspecified atom stereocenters. The summed E-state index contributed by atoms with van der Waals surface area (Å²) < 4.78 is 29.1. The van der Waals surface area contributed by atoms with Crippen LogP contribution in [0.15, 0.2) is 72.8 Å². The summed E-state index contributed by atoms with van der Waals surface area (Å²) in [5, 5.41) is 40.7. The minimum atomic E-state index is -1.18. The largest absolute Gasteiger partial charge is 0.481 e. The van der Waals surface area contributed by atoms with Crippen LogP contribution in [0.2, 0.25) is 0 Å². The maximum absolute atomic E-state index is 13.7. The van der Waals surface area contributed by atoms with Crippen molar-refractivity contribution < 1.29 is 28.9 Å². The van der Waals surface area contributed by atoms with Crippen LogP contribution in [-0.2, 0) is 4.79 Å². The van der Waals surface area contributed by atoms with Crippen molar-refractivity contribution in [2.75, 3.05) is 0 Å². The lowest BCUT2D eigenvalue weighted by molar-refractivity contribution is -0.139. The molecule has 1 aromatic heterocycles. The SMILES string of the molecule is CC(C)n1nnnc1C(/C=C/C=C/[C@@H](O)C[C@@H](O)CC(=O)O)=C(c1ccc(F)cc1)c1ccc(F)cc1. The summed E-state index contributed by atoms with van der Waals surface area (Å²) in [6.45, 7) is 3.82. The van der Waals surface area contributed by atoms with E-state index in [2.05, 4.69) is 15.5 Å². The first-order valence-corrected chi connectivity index (χ1v) is 11.6. The van der Waals surface area contributed by atoms with E-state index in [0.29, 0.717) is 28.1 Å². The van der Waals surface area contributed by atoms with Crippen LogP contribution in [0.5, 0.6) is 0 Å². The molecule has 2 aromatic carbocycles. The van der Waals surface area contributed by atoms with Gasteiger partial charge >= 0.3 is 5.97 Å². The van der Waals surface area contributed by atoms with Gasteiger partial charge in [0.2, 0.25) is 0 Å². The molecular weight excluding hydrogens is 482 g/mol. The molecule has 0 aliphatic rings. The van der Waals surface area contributed by atoms with Crippen molar-refractivity contribution >= 4 is 17.1 Å². The van der Waals surface area contributed by atoms with E-state index in [0.717, 1.165) is 0 Å². The standard InChI is InChI=1S/C27H28F2N4O4/c1-17(2)33-27(30-31-32-33)24(6-4-3-5-22(34)15-23(35)16-25(36)37)26(18-7-11-20(28)12-8-18)19-9-13-21(29)14-10-19/h3-14,17,22-23,34-35H,15-16H2,1-2H3,(H,36,37)/b5-3+,6-4+/t22-,23-/m1/s1. The Balaban J connectivity index is 2.10. The highest BCUT2D eigenvalue weighted by Crippen LogP contribution is 2.33. The molecule has 0 amide bonds. The maximum atomic E-state index is 13.7. The first kappa shape index (κ1) is 27.6. The van der Waals surface area contributed by atoms with E-state index >= 15 is 0 Å². The van der Waals surface area contributed by atoms with Gasteiger partial charge in [0.1, 0.15) is 11.6 Å². The zero-order valence-electron chi connectivity index (χ0n) is 20.4. The fraction of sp³-hybridized carbons (Fsp3) is 0.259. The Morgan fingerprint density at radius 3 is 2.05 bits per heavy atom. The summed E-state index contributed by atoms with van der Waals surface area (Å²) in [5.74, 6) is -1.56. The number of allylic oxidation sites excluding steroid dienone is 4. The molecule has 0 aliphatic heterocycles. The number of carbonyl (C=O) groups is 1. The van der Waals surface area contributed by atoms with E-state index in [1.807, 2.05) is 13.8 Å². The van der Waals surface area contributed by atoms with Crippen LogP contribution in [0.25, 0.3) is 11.1 Å². The molecule has 3 rings (SSSR count). The van der Waals surface area contributed by atoms with Gasteiger partial charge in [0.05, 0.1) is 24.7 Å². The van der Waals surface area contributed by atoms with Crippen molar-refractivity contribution in [3.05, 3.63) is 101 Å². The molecule has 0 aliphatic carbocycles. The highest BCUT2D eigenvalue weighted by Gasteiger charge is 2.19. The second kappa shape index (κ2) is 12.8. The number of carboxylic acids is 1. The number of hydrogen-bond donors (Lipinski definition) is 3. The molecule has 1 heterocycles. The third kappa shape index (κ3) is 7.73. The Hall–Kier alpha value is -4.02. The zero-order valence-corrected chi connectivity index (χ0v) is 20.4. The molecule has 37 heavy (non-hydrogen) atoms.